The van der Waals surface area contributed by atoms with Crippen molar-refractivity contribution in [3.63, 3.8) is 0 Å². The normalized spacial score (nSPS) is 10.8. The molecule has 0 bridgehead atoms. The molecule has 0 aliphatic rings. The largest absolute Gasteiger partial charge is 0.496 e. The summed E-state index contributed by atoms with van der Waals surface area (Å²) in [4.78, 5) is 25.5. The van der Waals surface area contributed by atoms with Crippen LogP contribution in [-0.2, 0) is 0 Å². The van der Waals surface area contributed by atoms with Gasteiger partial charge in [0.15, 0.2) is 11.5 Å². The van der Waals surface area contributed by atoms with Crippen LogP contribution in [0.1, 0.15) is 31.8 Å². The number of fused-ring (bicyclic) bond motifs is 1. The number of benzene rings is 4. The molecule has 0 atom stereocenters. The standard InChI is InChI=1S/C28H24N2O5/c1-18-11-13-23(25(15-18)34-3)27(31)30-29-17-19-12-14-24(33-2)26(16-19)35-28(32)22-10-6-8-20-7-4-5-9-21(20)22/h4-17H,1-3H3,(H,30,31)/b29-17-. The van der Waals surface area contributed by atoms with Gasteiger partial charge in [-0.3, -0.25) is 4.79 Å². The summed E-state index contributed by atoms with van der Waals surface area (Å²) in [6, 6.07) is 23.3. The Hall–Kier alpha value is -4.65. The summed E-state index contributed by atoms with van der Waals surface area (Å²) in [6.45, 7) is 1.91. The predicted octanol–water partition coefficient (Wildman–Crippen LogP) is 5.15. The van der Waals surface area contributed by atoms with Crippen LogP contribution >= 0.6 is 0 Å². The van der Waals surface area contributed by atoms with Gasteiger partial charge in [-0.15, -0.1) is 0 Å². The summed E-state index contributed by atoms with van der Waals surface area (Å²) in [5.41, 5.74) is 4.88. The summed E-state index contributed by atoms with van der Waals surface area (Å²) in [6.07, 6.45) is 1.45. The summed E-state index contributed by atoms with van der Waals surface area (Å²) in [7, 11) is 3.00. The van der Waals surface area contributed by atoms with Gasteiger partial charge in [0, 0.05) is 0 Å². The zero-order valence-electron chi connectivity index (χ0n) is 19.6. The molecule has 0 fully saturated rings. The lowest BCUT2D eigenvalue weighted by molar-refractivity contribution is 0.0731. The first-order valence-electron chi connectivity index (χ1n) is 10.9. The summed E-state index contributed by atoms with van der Waals surface area (Å²) in [5.74, 6) is 0.179. The third-order valence-electron chi connectivity index (χ3n) is 5.38. The summed E-state index contributed by atoms with van der Waals surface area (Å²) < 4.78 is 16.3. The van der Waals surface area contributed by atoms with E-state index in [1.807, 2.05) is 49.4 Å². The number of hydrazone groups is 1. The minimum atomic E-state index is -0.506. The maximum atomic E-state index is 13.0. The van der Waals surface area contributed by atoms with Crippen LogP contribution in [0.2, 0.25) is 0 Å². The highest BCUT2D eigenvalue weighted by Gasteiger charge is 2.16. The summed E-state index contributed by atoms with van der Waals surface area (Å²) >= 11 is 0. The molecule has 4 aromatic carbocycles. The van der Waals surface area contributed by atoms with Crippen molar-refractivity contribution in [3.05, 3.63) is 101 Å². The molecule has 0 saturated carbocycles. The Morgan fingerprint density at radius 1 is 0.800 bits per heavy atom. The Balaban J connectivity index is 1.52. The number of carbonyl (C=O) groups excluding carboxylic acids is 2. The molecule has 35 heavy (non-hydrogen) atoms. The second kappa shape index (κ2) is 10.5. The van der Waals surface area contributed by atoms with E-state index in [-0.39, 0.29) is 5.75 Å². The Bertz CT molecular complexity index is 1420. The average Bonchev–Trinajstić information content (AvgIpc) is 2.88. The van der Waals surface area contributed by atoms with Crippen LogP contribution in [0.25, 0.3) is 10.8 Å². The number of amides is 1. The summed E-state index contributed by atoms with van der Waals surface area (Å²) in [5, 5.41) is 5.77. The van der Waals surface area contributed by atoms with Crippen LogP contribution in [-0.4, -0.2) is 32.3 Å². The first-order valence-corrected chi connectivity index (χ1v) is 10.9. The molecule has 7 nitrogen and oxygen atoms in total. The van der Waals surface area contributed by atoms with Crippen LogP contribution in [0.5, 0.6) is 17.2 Å². The van der Waals surface area contributed by atoms with Crippen molar-refractivity contribution < 1.29 is 23.8 Å². The van der Waals surface area contributed by atoms with Crippen LogP contribution in [0.4, 0.5) is 0 Å². The van der Waals surface area contributed by atoms with Gasteiger partial charge >= 0.3 is 5.97 Å². The zero-order valence-corrected chi connectivity index (χ0v) is 19.6. The number of aryl methyl sites for hydroxylation is 1. The molecule has 1 amide bonds. The number of rotatable bonds is 7. The molecule has 0 aliphatic heterocycles. The van der Waals surface area contributed by atoms with Crippen LogP contribution in [0.3, 0.4) is 0 Å². The second-order valence-corrected chi connectivity index (χ2v) is 7.73. The number of esters is 1. The van der Waals surface area contributed by atoms with Crippen LogP contribution in [0.15, 0.2) is 84.0 Å². The smallest absolute Gasteiger partial charge is 0.344 e. The van der Waals surface area contributed by atoms with E-state index in [9.17, 15) is 9.59 Å². The molecule has 4 rings (SSSR count). The third-order valence-corrected chi connectivity index (χ3v) is 5.38. The van der Waals surface area contributed by atoms with Gasteiger partial charge in [0.1, 0.15) is 5.75 Å². The van der Waals surface area contributed by atoms with Crippen molar-refractivity contribution in [2.75, 3.05) is 14.2 Å². The Kier molecular flexibility index (Phi) is 7.07. The Morgan fingerprint density at radius 3 is 2.37 bits per heavy atom. The lowest BCUT2D eigenvalue weighted by Gasteiger charge is -2.11. The minimum Gasteiger partial charge on any atom is -0.496 e. The van der Waals surface area contributed by atoms with Gasteiger partial charge in [-0.1, -0.05) is 42.5 Å². The maximum Gasteiger partial charge on any atom is 0.344 e. The molecule has 0 aliphatic carbocycles. The number of ether oxygens (including phenoxy) is 3. The second-order valence-electron chi connectivity index (χ2n) is 7.73. The van der Waals surface area contributed by atoms with E-state index in [1.165, 1.54) is 20.4 Å². The molecule has 0 saturated heterocycles. The Labute approximate surface area is 202 Å². The van der Waals surface area contributed by atoms with E-state index < -0.39 is 11.9 Å². The molecular formula is C28H24N2O5. The fraction of sp³-hybridized carbons (Fsp3) is 0.107. The minimum absolute atomic E-state index is 0.237. The van der Waals surface area contributed by atoms with Crippen LogP contribution < -0.4 is 19.6 Å². The van der Waals surface area contributed by atoms with Gasteiger partial charge < -0.3 is 14.2 Å². The van der Waals surface area contributed by atoms with Crippen molar-refractivity contribution in [1.29, 1.82) is 0 Å². The van der Waals surface area contributed by atoms with E-state index in [0.717, 1.165) is 16.3 Å². The SMILES string of the molecule is COc1ccc(/C=N\NC(=O)c2ccc(C)cc2OC)cc1OC(=O)c1cccc2ccccc12. The monoisotopic (exact) mass is 468 g/mol. The number of hydrogen-bond donors (Lipinski definition) is 1. The van der Waals surface area contributed by atoms with Crippen molar-refractivity contribution in [3.8, 4) is 17.2 Å². The number of methoxy groups -OCH3 is 2. The van der Waals surface area contributed by atoms with E-state index >= 15 is 0 Å². The molecule has 0 spiro atoms. The first-order chi connectivity index (χ1) is 17.0. The molecule has 0 radical (unpaired) electrons. The predicted molar refractivity (Wildman–Crippen MR) is 135 cm³/mol. The lowest BCUT2D eigenvalue weighted by atomic mass is 10.0. The lowest BCUT2D eigenvalue weighted by Crippen LogP contribution is -2.18. The van der Waals surface area contributed by atoms with Crippen molar-refractivity contribution in [2.45, 2.75) is 6.92 Å². The molecular weight excluding hydrogens is 444 g/mol. The zero-order chi connectivity index (χ0) is 24.8. The number of carbonyl (C=O) groups is 2. The number of hydrogen-bond acceptors (Lipinski definition) is 6. The third kappa shape index (κ3) is 5.30. The maximum absolute atomic E-state index is 13.0. The van der Waals surface area contributed by atoms with Gasteiger partial charge in [0.25, 0.3) is 5.91 Å². The van der Waals surface area contributed by atoms with Gasteiger partial charge in [0.2, 0.25) is 0 Å². The molecule has 4 aromatic rings. The quantitative estimate of drug-likeness (QED) is 0.175. The fourth-order valence-corrected chi connectivity index (χ4v) is 3.62. The molecule has 176 valence electrons. The van der Waals surface area contributed by atoms with Gasteiger partial charge in [-0.2, -0.15) is 5.10 Å². The van der Waals surface area contributed by atoms with Crippen LogP contribution in [0, 0.1) is 6.92 Å². The molecule has 0 unspecified atom stereocenters. The van der Waals surface area contributed by atoms with Gasteiger partial charge in [0.05, 0.1) is 31.6 Å². The fourth-order valence-electron chi connectivity index (χ4n) is 3.62. The molecule has 7 heteroatoms. The first kappa shape index (κ1) is 23.5. The highest BCUT2D eigenvalue weighted by atomic mass is 16.6. The van der Waals surface area contributed by atoms with Gasteiger partial charge in [-0.25, -0.2) is 10.2 Å². The molecule has 1 N–H and O–H groups in total. The van der Waals surface area contributed by atoms with E-state index in [1.54, 1.807) is 36.4 Å². The van der Waals surface area contributed by atoms with Gasteiger partial charge in [-0.05, 0) is 65.2 Å². The number of nitrogens with zero attached hydrogens (tertiary/aromatic N) is 1. The van der Waals surface area contributed by atoms with Crippen molar-refractivity contribution in [2.24, 2.45) is 5.10 Å². The topological polar surface area (TPSA) is 86.2 Å². The Morgan fingerprint density at radius 2 is 1.57 bits per heavy atom. The highest BCUT2D eigenvalue weighted by Crippen LogP contribution is 2.29. The average molecular weight is 469 g/mol. The van der Waals surface area contributed by atoms with Crippen molar-refractivity contribution in [1.82, 2.24) is 5.43 Å². The number of nitrogens with one attached hydrogen (secondary N) is 1. The molecule has 0 heterocycles. The van der Waals surface area contributed by atoms with E-state index in [4.69, 9.17) is 14.2 Å². The van der Waals surface area contributed by atoms with E-state index in [0.29, 0.717) is 28.2 Å². The van der Waals surface area contributed by atoms with Crippen molar-refractivity contribution >= 4 is 28.9 Å². The molecule has 0 aromatic heterocycles. The van der Waals surface area contributed by atoms with E-state index in [2.05, 4.69) is 10.5 Å². The highest BCUT2D eigenvalue weighted by molar-refractivity contribution is 6.05.